The summed E-state index contributed by atoms with van der Waals surface area (Å²) in [6.07, 6.45) is 7.85. The van der Waals surface area contributed by atoms with Crippen molar-refractivity contribution < 1.29 is 19.8 Å². The Balaban J connectivity index is 1.77. The van der Waals surface area contributed by atoms with Crippen molar-refractivity contribution in [3.05, 3.63) is 48.0 Å². The number of aliphatic hydroxyl groups excluding tert-OH is 1. The summed E-state index contributed by atoms with van der Waals surface area (Å²) >= 11 is 0. The van der Waals surface area contributed by atoms with E-state index in [2.05, 4.69) is 5.32 Å². The average Bonchev–Trinajstić information content (AvgIpc) is 2.65. The minimum atomic E-state index is -0.784. The lowest BCUT2D eigenvalue weighted by atomic mass is 9.98. The number of carboxylic acids is 1. The van der Waals surface area contributed by atoms with Gasteiger partial charge in [0.1, 0.15) is 0 Å². The highest BCUT2D eigenvalue weighted by Crippen LogP contribution is 2.18. The van der Waals surface area contributed by atoms with Gasteiger partial charge in [-0.2, -0.15) is 0 Å². The first-order valence-electron chi connectivity index (χ1n) is 9.69. The van der Waals surface area contributed by atoms with Gasteiger partial charge in [-0.1, -0.05) is 42.5 Å². The van der Waals surface area contributed by atoms with E-state index >= 15 is 0 Å². The van der Waals surface area contributed by atoms with E-state index in [-0.39, 0.29) is 18.5 Å². The Morgan fingerprint density at radius 1 is 1.30 bits per heavy atom. The number of amides is 2. The third-order valence-corrected chi connectivity index (χ3v) is 4.83. The summed E-state index contributed by atoms with van der Waals surface area (Å²) in [6, 6.07) is 9.98. The van der Waals surface area contributed by atoms with Crippen LogP contribution in [0.15, 0.2) is 42.5 Å². The molecule has 0 aromatic heterocycles. The second kappa shape index (κ2) is 11.4. The third-order valence-electron chi connectivity index (χ3n) is 4.83. The summed E-state index contributed by atoms with van der Waals surface area (Å²) in [5, 5.41) is 21.8. The van der Waals surface area contributed by atoms with E-state index in [1.165, 1.54) is 0 Å². The van der Waals surface area contributed by atoms with Crippen LogP contribution in [0.2, 0.25) is 0 Å². The van der Waals surface area contributed by atoms with Gasteiger partial charge < -0.3 is 20.4 Å². The topological polar surface area (TPSA) is 89.9 Å². The van der Waals surface area contributed by atoms with Crippen LogP contribution in [0.3, 0.4) is 0 Å². The fourth-order valence-electron chi connectivity index (χ4n) is 3.35. The lowest BCUT2D eigenvalue weighted by Crippen LogP contribution is -2.52. The van der Waals surface area contributed by atoms with Crippen LogP contribution in [0.4, 0.5) is 4.79 Å². The molecular weight excluding hydrogens is 344 g/mol. The van der Waals surface area contributed by atoms with Crippen molar-refractivity contribution in [1.82, 2.24) is 10.2 Å². The van der Waals surface area contributed by atoms with E-state index in [1.807, 2.05) is 47.4 Å². The molecule has 148 valence electrons. The zero-order valence-electron chi connectivity index (χ0n) is 15.7. The number of urea groups is 1. The van der Waals surface area contributed by atoms with Gasteiger partial charge in [-0.05, 0) is 44.1 Å². The first kappa shape index (κ1) is 21.0. The van der Waals surface area contributed by atoms with E-state index in [4.69, 9.17) is 5.11 Å². The average molecular weight is 374 g/mol. The summed E-state index contributed by atoms with van der Waals surface area (Å²) < 4.78 is 0. The lowest BCUT2D eigenvalue weighted by molar-refractivity contribution is -0.137. The molecule has 1 fully saturated rings. The predicted molar refractivity (Wildman–Crippen MR) is 105 cm³/mol. The van der Waals surface area contributed by atoms with Crippen molar-refractivity contribution in [2.45, 2.75) is 57.1 Å². The minimum absolute atomic E-state index is 0.0704. The van der Waals surface area contributed by atoms with Crippen LogP contribution in [-0.2, 0) is 11.2 Å². The summed E-state index contributed by atoms with van der Waals surface area (Å²) in [5.41, 5.74) is 1.12. The molecule has 1 aliphatic heterocycles. The summed E-state index contributed by atoms with van der Waals surface area (Å²) in [5.74, 6) is -0.784. The Kier molecular flexibility index (Phi) is 8.84. The maximum atomic E-state index is 12.2. The molecular formula is C21H30N2O4. The van der Waals surface area contributed by atoms with E-state index in [0.717, 1.165) is 18.4 Å². The van der Waals surface area contributed by atoms with Crippen LogP contribution in [0.1, 0.15) is 44.1 Å². The number of hydrogen-bond acceptors (Lipinski definition) is 3. The Bertz CT molecular complexity index is 618. The lowest BCUT2D eigenvalue weighted by Gasteiger charge is -2.36. The number of carboxylic acid groups (broad SMARTS) is 1. The van der Waals surface area contributed by atoms with E-state index < -0.39 is 12.1 Å². The smallest absolute Gasteiger partial charge is 0.317 e. The van der Waals surface area contributed by atoms with Gasteiger partial charge in [0.05, 0.1) is 6.10 Å². The highest BCUT2D eigenvalue weighted by molar-refractivity contribution is 5.75. The van der Waals surface area contributed by atoms with Gasteiger partial charge in [0, 0.05) is 25.6 Å². The number of carbonyl (C=O) groups is 2. The molecule has 0 saturated carbocycles. The van der Waals surface area contributed by atoms with Crippen molar-refractivity contribution in [3.63, 3.8) is 0 Å². The van der Waals surface area contributed by atoms with Gasteiger partial charge in [0.15, 0.2) is 0 Å². The number of aliphatic carboxylic acids is 1. The molecule has 1 aromatic rings. The molecule has 2 atom stereocenters. The molecule has 0 aliphatic carbocycles. The Hall–Kier alpha value is -2.34. The zero-order chi connectivity index (χ0) is 19.5. The Morgan fingerprint density at radius 3 is 2.81 bits per heavy atom. The first-order valence-corrected chi connectivity index (χ1v) is 9.69. The van der Waals surface area contributed by atoms with Gasteiger partial charge in [-0.15, -0.1) is 0 Å². The predicted octanol–water partition coefficient (Wildman–Crippen LogP) is 2.97. The maximum Gasteiger partial charge on any atom is 0.317 e. The van der Waals surface area contributed by atoms with Gasteiger partial charge in [0.2, 0.25) is 0 Å². The summed E-state index contributed by atoms with van der Waals surface area (Å²) in [4.78, 5) is 24.5. The molecule has 6 heteroatoms. The maximum absolute atomic E-state index is 12.2. The standard InChI is InChI=1S/C21H30N2O4/c24-19(16-17-8-4-3-5-9-17)12-11-18-13-14-22-21(27)23(18)15-7-2-1-6-10-20(25)26/h2-5,7-9,18-19,24H,1,6,10-16H2,(H,22,27)(H,25,26)/b7-2-/t18-,19?/m0/s1. The molecule has 6 nitrogen and oxygen atoms in total. The number of carbonyl (C=O) groups excluding carboxylic acids is 1. The normalized spacial score (nSPS) is 18.5. The Morgan fingerprint density at radius 2 is 2.07 bits per heavy atom. The van der Waals surface area contributed by atoms with Crippen molar-refractivity contribution in [1.29, 1.82) is 0 Å². The quantitative estimate of drug-likeness (QED) is 0.410. The highest BCUT2D eigenvalue weighted by atomic mass is 16.4. The molecule has 0 bridgehead atoms. The molecule has 1 aromatic carbocycles. The van der Waals surface area contributed by atoms with Crippen molar-refractivity contribution >= 4 is 12.0 Å². The van der Waals surface area contributed by atoms with Gasteiger partial charge in [0.25, 0.3) is 0 Å². The fourth-order valence-corrected chi connectivity index (χ4v) is 3.35. The monoisotopic (exact) mass is 374 g/mol. The number of hydrogen-bond donors (Lipinski definition) is 3. The largest absolute Gasteiger partial charge is 0.481 e. The van der Waals surface area contributed by atoms with Gasteiger partial charge >= 0.3 is 12.0 Å². The number of rotatable bonds is 11. The molecule has 3 N–H and O–H groups in total. The number of nitrogens with one attached hydrogen (secondary N) is 1. The second-order valence-corrected chi connectivity index (χ2v) is 7.01. The van der Waals surface area contributed by atoms with Crippen molar-refractivity contribution in [3.8, 4) is 0 Å². The molecule has 1 saturated heterocycles. The molecule has 1 heterocycles. The zero-order valence-corrected chi connectivity index (χ0v) is 15.7. The Labute approximate surface area is 160 Å². The first-order chi connectivity index (χ1) is 13.1. The summed E-state index contributed by atoms with van der Waals surface area (Å²) in [7, 11) is 0. The summed E-state index contributed by atoms with van der Waals surface area (Å²) in [6.45, 7) is 1.18. The number of aliphatic hydroxyl groups is 1. The van der Waals surface area contributed by atoms with E-state index in [0.29, 0.717) is 38.8 Å². The SMILES string of the molecule is O=C(O)CCC/C=C\CN1C(=O)NCC[C@@H]1CCC(O)Cc1ccccc1. The van der Waals surface area contributed by atoms with Crippen LogP contribution < -0.4 is 5.32 Å². The van der Waals surface area contributed by atoms with E-state index in [9.17, 15) is 14.7 Å². The molecule has 1 aliphatic rings. The number of unbranched alkanes of at least 4 members (excludes halogenated alkanes) is 1. The number of benzene rings is 1. The van der Waals surface area contributed by atoms with Crippen LogP contribution in [0, 0.1) is 0 Å². The minimum Gasteiger partial charge on any atom is -0.481 e. The molecule has 0 spiro atoms. The molecule has 27 heavy (non-hydrogen) atoms. The second-order valence-electron chi connectivity index (χ2n) is 7.01. The van der Waals surface area contributed by atoms with Gasteiger partial charge in [-0.25, -0.2) is 4.79 Å². The number of nitrogens with zero attached hydrogens (tertiary/aromatic N) is 1. The van der Waals surface area contributed by atoms with Crippen molar-refractivity contribution in [2.75, 3.05) is 13.1 Å². The highest BCUT2D eigenvalue weighted by Gasteiger charge is 2.27. The van der Waals surface area contributed by atoms with Crippen LogP contribution in [-0.4, -0.2) is 52.3 Å². The van der Waals surface area contributed by atoms with Crippen molar-refractivity contribution in [2.24, 2.45) is 0 Å². The molecule has 2 rings (SSSR count). The number of allylic oxidation sites excluding steroid dienone is 1. The molecule has 2 amide bonds. The van der Waals surface area contributed by atoms with Crippen LogP contribution in [0.25, 0.3) is 0 Å². The molecule has 0 radical (unpaired) electrons. The van der Waals surface area contributed by atoms with Crippen LogP contribution >= 0.6 is 0 Å². The van der Waals surface area contributed by atoms with Crippen LogP contribution in [0.5, 0.6) is 0 Å². The fraction of sp³-hybridized carbons (Fsp3) is 0.524. The van der Waals surface area contributed by atoms with Gasteiger partial charge in [-0.3, -0.25) is 4.79 Å². The van der Waals surface area contributed by atoms with E-state index in [1.54, 1.807) is 0 Å². The third kappa shape index (κ3) is 7.83. The molecule has 1 unspecified atom stereocenters.